The van der Waals surface area contributed by atoms with Gasteiger partial charge in [0.05, 0.1) is 23.6 Å². The number of aromatic nitrogens is 1. The number of para-hydroxylation sites is 1. The van der Waals surface area contributed by atoms with Gasteiger partial charge in [0.2, 0.25) is 0 Å². The zero-order valence-corrected chi connectivity index (χ0v) is 16.8. The number of ether oxygens (including phenoxy) is 1. The first-order valence-electron chi connectivity index (χ1n) is 9.68. The molecule has 4 rings (SSSR count). The maximum atomic E-state index is 13.1. The number of hydrogen-bond donors (Lipinski definition) is 0. The molecule has 0 saturated carbocycles. The van der Waals surface area contributed by atoms with Gasteiger partial charge >= 0.3 is 0 Å². The number of pyridine rings is 1. The van der Waals surface area contributed by atoms with Crippen molar-refractivity contribution >= 4 is 17.2 Å². The second kappa shape index (κ2) is 8.57. The van der Waals surface area contributed by atoms with E-state index in [1.165, 1.54) is 0 Å². The lowest BCUT2D eigenvalue weighted by Gasteiger charge is -2.33. The van der Waals surface area contributed by atoms with Crippen molar-refractivity contribution < 1.29 is 9.53 Å². The fraction of sp³-hybridized carbons (Fsp3) is 0.304. The molecule has 5 heteroatoms. The lowest BCUT2D eigenvalue weighted by Crippen LogP contribution is -2.41. The van der Waals surface area contributed by atoms with Crippen molar-refractivity contribution in [3.8, 4) is 17.0 Å². The van der Waals surface area contributed by atoms with Gasteiger partial charge in [-0.2, -0.15) is 11.3 Å². The number of amides is 1. The summed E-state index contributed by atoms with van der Waals surface area (Å²) >= 11 is 1.65. The molecule has 0 radical (unpaired) electrons. The third kappa shape index (κ3) is 4.25. The molecule has 0 bridgehead atoms. The smallest absolute Gasteiger partial charge is 0.255 e. The molecule has 1 fully saturated rings. The highest BCUT2D eigenvalue weighted by Gasteiger charge is 2.26. The molecule has 1 aliphatic rings. The van der Waals surface area contributed by atoms with Crippen LogP contribution in [0.15, 0.2) is 59.3 Å². The molecular formula is C23H24N2O2S. The number of thiophene rings is 1. The van der Waals surface area contributed by atoms with E-state index in [4.69, 9.17) is 4.74 Å². The van der Waals surface area contributed by atoms with Crippen molar-refractivity contribution in [2.45, 2.75) is 19.8 Å². The zero-order chi connectivity index (χ0) is 19.3. The summed E-state index contributed by atoms with van der Waals surface area (Å²) in [4.78, 5) is 19.7. The van der Waals surface area contributed by atoms with Crippen LogP contribution in [0.5, 0.6) is 5.75 Å². The molecule has 0 aliphatic carbocycles. The Morgan fingerprint density at radius 3 is 2.82 bits per heavy atom. The maximum absolute atomic E-state index is 13.1. The number of nitrogens with zero attached hydrogens (tertiary/aromatic N) is 2. The van der Waals surface area contributed by atoms with Crippen molar-refractivity contribution in [2.24, 2.45) is 5.92 Å². The van der Waals surface area contributed by atoms with Crippen LogP contribution in [0.4, 0.5) is 0 Å². The van der Waals surface area contributed by atoms with Gasteiger partial charge in [0, 0.05) is 30.0 Å². The number of hydrogen-bond acceptors (Lipinski definition) is 4. The Hall–Kier alpha value is -2.66. The predicted octanol–water partition coefficient (Wildman–Crippen LogP) is 5.05. The lowest BCUT2D eigenvalue weighted by molar-refractivity contribution is 0.0632. The topological polar surface area (TPSA) is 42.4 Å². The van der Waals surface area contributed by atoms with Crippen LogP contribution >= 0.6 is 11.3 Å². The summed E-state index contributed by atoms with van der Waals surface area (Å²) in [5.41, 5.74) is 3.51. The van der Waals surface area contributed by atoms with Crippen LogP contribution in [-0.2, 0) is 0 Å². The van der Waals surface area contributed by atoms with Gasteiger partial charge in [0.25, 0.3) is 5.91 Å². The average Bonchev–Trinajstić information content (AvgIpc) is 3.28. The number of piperidine rings is 1. The van der Waals surface area contributed by atoms with Gasteiger partial charge in [-0.3, -0.25) is 9.78 Å². The molecule has 28 heavy (non-hydrogen) atoms. The monoisotopic (exact) mass is 392 g/mol. The summed E-state index contributed by atoms with van der Waals surface area (Å²) in [7, 11) is 0. The molecule has 2 aromatic heterocycles. The second-order valence-electron chi connectivity index (χ2n) is 7.22. The van der Waals surface area contributed by atoms with Crippen molar-refractivity contribution in [3.63, 3.8) is 0 Å². The summed E-state index contributed by atoms with van der Waals surface area (Å²) in [6.45, 7) is 4.09. The van der Waals surface area contributed by atoms with Crippen LogP contribution in [0, 0.1) is 12.8 Å². The van der Waals surface area contributed by atoms with Crippen molar-refractivity contribution in [1.82, 2.24) is 9.88 Å². The summed E-state index contributed by atoms with van der Waals surface area (Å²) < 4.78 is 5.91. The van der Waals surface area contributed by atoms with Gasteiger partial charge in [-0.15, -0.1) is 0 Å². The van der Waals surface area contributed by atoms with Crippen LogP contribution in [-0.4, -0.2) is 35.5 Å². The average molecular weight is 393 g/mol. The molecule has 144 valence electrons. The molecular weight excluding hydrogens is 368 g/mol. The number of rotatable bonds is 5. The number of likely N-dealkylation sites (tertiary alicyclic amines) is 1. The normalized spacial score (nSPS) is 16.8. The van der Waals surface area contributed by atoms with Gasteiger partial charge < -0.3 is 9.64 Å². The van der Waals surface area contributed by atoms with Crippen LogP contribution < -0.4 is 4.74 Å². The Kier molecular flexibility index (Phi) is 5.72. The number of carbonyl (C=O) groups excluding carboxylic acids is 1. The standard InChI is InChI=1S/C23H24N2O2S/c1-17-21(9-10-22(24-17)19-11-13-28-16-19)23(26)25-12-5-6-18(14-25)15-27-20-7-3-2-4-8-20/h2-4,7-11,13,16,18H,5-6,12,14-15H2,1H3. The van der Waals surface area contributed by atoms with Gasteiger partial charge in [-0.05, 0) is 55.5 Å². The first-order chi connectivity index (χ1) is 13.7. The van der Waals surface area contributed by atoms with Crippen LogP contribution in [0.3, 0.4) is 0 Å². The van der Waals surface area contributed by atoms with E-state index in [0.717, 1.165) is 48.6 Å². The maximum Gasteiger partial charge on any atom is 0.255 e. The van der Waals surface area contributed by atoms with E-state index in [9.17, 15) is 4.79 Å². The number of aryl methyl sites for hydroxylation is 1. The van der Waals surface area contributed by atoms with Gasteiger partial charge in [-0.1, -0.05) is 18.2 Å². The minimum absolute atomic E-state index is 0.0753. The predicted molar refractivity (Wildman–Crippen MR) is 113 cm³/mol. The highest BCUT2D eigenvalue weighted by atomic mass is 32.1. The number of benzene rings is 1. The van der Waals surface area contributed by atoms with Gasteiger partial charge in [0.15, 0.2) is 0 Å². The van der Waals surface area contributed by atoms with Crippen LogP contribution in [0.1, 0.15) is 28.9 Å². The molecule has 1 saturated heterocycles. The molecule has 1 aliphatic heterocycles. The Morgan fingerprint density at radius 2 is 2.07 bits per heavy atom. The lowest BCUT2D eigenvalue weighted by atomic mass is 9.98. The molecule has 1 amide bonds. The molecule has 1 atom stereocenters. The Bertz CT molecular complexity index is 925. The van der Waals surface area contributed by atoms with E-state index in [1.54, 1.807) is 11.3 Å². The quantitative estimate of drug-likeness (QED) is 0.610. The third-order valence-corrected chi connectivity index (χ3v) is 5.85. The molecule has 4 nitrogen and oxygen atoms in total. The van der Waals surface area contributed by atoms with Crippen molar-refractivity contribution in [2.75, 3.05) is 19.7 Å². The van der Waals surface area contributed by atoms with E-state index in [1.807, 2.05) is 59.7 Å². The minimum Gasteiger partial charge on any atom is -0.493 e. The Morgan fingerprint density at radius 1 is 1.21 bits per heavy atom. The number of carbonyl (C=O) groups is 1. The molecule has 1 aromatic carbocycles. The zero-order valence-electron chi connectivity index (χ0n) is 16.0. The first-order valence-corrected chi connectivity index (χ1v) is 10.6. The van der Waals surface area contributed by atoms with E-state index >= 15 is 0 Å². The summed E-state index contributed by atoms with van der Waals surface area (Å²) in [6.07, 6.45) is 2.10. The van der Waals surface area contributed by atoms with Crippen molar-refractivity contribution in [3.05, 3.63) is 70.5 Å². The molecule has 3 aromatic rings. The molecule has 0 N–H and O–H groups in total. The fourth-order valence-electron chi connectivity index (χ4n) is 3.64. The molecule has 1 unspecified atom stereocenters. The fourth-order valence-corrected chi connectivity index (χ4v) is 4.29. The van der Waals surface area contributed by atoms with E-state index < -0.39 is 0 Å². The van der Waals surface area contributed by atoms with Crippen LogP contribution in [0.2, 0.25) is 0 Å². The van der Waals surface area contributed by atoms with E-state index in [-0.39, 0.29) is 5.91 Å². The summed E-state index contributed by atoms with van der Waals surface area (Å²) in [5.74, 6) is 1.32. The van der Waals surface area contributed by atoms with E-state index in [2.05, 4.69) is 16.4 Å². The third-order valence-electron chi connectivity index (χ3n) is 5.17. The Labute approximate surface area is 169 Å². The summed E-state index contributed by atoms with van der Waals surface area (Å²) in [5, 5.41) is 4.11. The van der Waals surface area contributed by atoms with Gasteiger partial charge in [-0.25, -0.2) is 0 Å². The highest BCUT2D eigenvalue weighted by Crippen LogP contribution is 2.24. The molecule has 3 heterocycles. The minimum atomic E-state index is 0.0753. The second-order valence-corrected chi connectivity index (χ2v) is 8.00. The van der Waals surface area contributed by atoms with E-state index in [0.29, 0.717) is 18.1 Å². The van der Waals surface area contributed by atoms with Crippen molar-refractivity contribution in [1.29, 1.82) is 0 Å². The SMILES string of the molecule is Cc1nc(-c2ccsc2)ccc1C(=O)N1CCCC(COc2ccccc2)C1. The highest BCUT2D eigenvalue weighted by molar-refractivity contribution is 7.08. The van der Waals surface area contributed by atoms with Crippen LogP contribution in [0.25, 0.3) is 11.3 Å². The summed E-state index contributed by atoms with van der Waals surface area (Å²) in [6, 6.07) is 15.8. The Balaban J connectivity index is 1.41. The largest absolute Gasteiger partial charge is 0.493 e. The van der Waals surface area contributed by atoms with Gasteiger partial charge in [0.1, 0.15) is 5.75 Å². The first kappa shape index (κ1) is 18.7. The molecule has 0 spiro atoms.